The molecule has 0 radical (unpaired) electrons. The van der Waals surface area contributed by atoms with Gasteiger partial charge in [0, 0.05) is 16.8 Å². The smallest absolute Gasteiger partial charge is 0.230 e. The minimum atomic E-state index is 0.0317. The second-order valence-electron chi connectivity index (χ2n) is 4.66. The number of fused-ring (bicyclic) bond motifs is 1. The Morgan fingerprint density at radius 1 is 1.18 bits per heavy atom. The highest BCUT2D eigenvalue weighted by molar-refractivity contribution is 8.00. The van der Waals surface area contributed by atoms with Crippen LogP contribution in [0.3, 0.4) is 0 Å². The van der Waals surface area contributed by atoms with Crippen LogP contribution in [0.1, 0.15) is 4.88 Å². The summed E-state index contributed by atoms with van der Waals surface area (Å²) in [4.78, 5) is 21.7. The Morgan fingerprint density at radius 2 is 2.09 bits per heavy atom. The van der Waals surface area contributed by atoms with Crippen molar-refractivity contribution in [2.75, 3.05) is 12.3 Å². The molecule has 0 fully saturated rings. The Morgan fingerprint density at radius 3 is 2.95 bits per heavy atom. The number of thioether (sulfide) groups is 1. The average molecular weight is 329 g/mol. The zero-order valence-electron chi connectivity index (χ0n) is 11.9. The number of amides is 1. The van der Waals surface area contributed by atoms with Gasteiger partial charge in [-0.05, 0) is 23.9 Å². The lowest BCUT2D eigenvalue weighted by molar-refractivity contribution is -0.118. The summed E-state index contributed by atoms with van der Waals surface area (Å²) < 4.78 is 0. The van der Waals surface area contributed by atoms with E-state index in [1.807, 2.05) is 35.7 Å². The molecule has 0 aliphatic heterocycles. The van der Waals surface area contributed by atoms with Gasteiger partial charge >= 0.3 is 0 Å². The molecule has 1 amide bonds. The topological polar surface area (TPSA) is 54.9 Å². The predicted molar refractivity (Wildman–Crippen MR) is 91.3 cm³/mol. The molecule has 0 aliphatic carbocycles. The van der Waals surface area contributed by atoms with Crippen LogP contribution in [0, 0.1) is 0 Å². The van der Waals surface area contributed by atoms with Crippen molar-refractivity contribution in [2.45, 2.75) is 11.4 Å². The van der Waals surface area contributed by atoms with E-state index >= 15 is 0 Å². The third kappa shape index (κ3) is 3.84. The van der Waals surface area contributed by atoms with Crippen molar-refractivity contribution in [3.05, 3.63) is 53.0 Å². The van der Waals surface area contributed by atoms with Gasteiger partial charge in [0.2, 0.25) is 5.91 Å². The molecule has 0 aliphatic rings. The monoisotopic (exact) mass is 329 g/mol. The maximum atomic E-state index is 11.9. The number of para-hydroxylation sites is 1. The highest BCUT2D eigenvalue weighted by Crippen LogP contribution is 2.23. The summed E-state index contributed by atoms with van der Waals surface area (Å²) in [5, 5.41) is 6.83. The number of nitrogens with one attached hydrogen (secondary N) is 1. The number of rotatable bonds is 6. The van der Waals surface area contributed by atoms with E-state index in [2.05, 4.69) is 21.4 Å². The van der Waals surface area contributed by atoms with Crippen molar-refractivity contribution >= 4 is 39.9 Å². The van der Waals surface area contributed by atoms with Crippen LogP contribution in [0.25, 0.3) is 10.9 Å². The van der Waals surface area contributed by atoms with E-state index in [0.29, 0.717) is 12.3 Å². The number of hydrogen-bond donors (Lipinski definition) is 1. The van der Waals surface area contributed by atoms with Crippen molar-refractivity contribution in [3.63, 3.8) is 0 Å². The third-order valence-electron chi connectivity index (χ3n) is 3.12. The van der Waals surface area contributed by atoms with E-state index in [1.165, 1.54) is 16.6 Å². The fraction of sp³-hybridized carbons (Fsp3) is 0.188. The van der Waals surface area contributed by atoms with Crippen LogP contribution in [-0.4, -0.2) is 28.2 Å². The van der Waals surface area contributed by atoms with Crippen LogP contribution in [0.4, 0.5) is 0 Å². The van der Waals surface area contributed by atoms with Crippen molar-refractivity contribution in [1.82, 2.24) is 15.3 Å². The molecule has 6 heteroatoms. The first-order valence-electron chi connectivity index (χ1n) is 6.94. The Bertz CT molecular complexity index is 754. The molecule has 0 saturated carbocycles. The largest absolute Gasteiger partial charge is 0.355 e. The van der Waals surface area contributed by atoms with Gasteiger partial charge in [-0.2, -0.15) is 0 Å². The first kappa shape index (κ1) is 15.0. The van der Waals surface area contributed by atoms with Gasteiger partial charge in [-0.3, -0.25) is 4.79 Å². The fourth-order valence-corrected chi connectivity index (χ4v) is 3.59. The summed E-state index contributed by atoms with van der Waals surface area (Å²) in [7, 11) is 0. The molecule has 4 nitrogen and oxygen atoms in total. The maximum Gasteiger partial charge on any atom is 0.230 e. The van der Waals surface area contributed by atoms with E-state index < -0.39 is 0 Å². The normalized spacial score (nSPS) is 10.7. The van der Waals surface area contributed by atoms with Crippen LogP contribution in [0.5, 0.6) is 0 Å². The number of carbonyl (C=O) groups is 1. The number of thiophene rings is 1. The summed E-state index contributed by atoms with van der Waals surface area (Å²) in [5.41, 5.74) is 0.901. The molecule has 0 saturated heterocycles. The molecule has 0 atom stereocenters. The van der Waals surface area contributed by atoms with Crippen LogP contribution in [-0.2, 0) is 11.2 Å². The second kappa shape index (κ2) is 7.38. The lowest BCUT2D eigenvalue weighted by atomic mass is 10.2. The van der Waals surface area contributed by atoms with Gasteiger partial charge in [-0.15, -0.1) is 11.3 Å². The number of carbonyl (C=O) groups excluding carboxylic acids is 1. The molecule has 0 unspecified atom stereocenters. The molecule has 0 spiro atoms. The molecule has 22 heavy (non-hydrogen) atoms. The Balaban J connectivity index is 1.52. The van der Waals surface area contributed by atoms with Crippen molar-refractivity contribution in [3.8, 4) is 0 Å². The number of nitrogens with zero attached hydrogens (tertiary/aromatic N) is 2. The Kier molecular flexibility index (Phi) is 5.03. The van der Waals surface area contributed by atoms with Gasteiger partial charge < -0.3 is 5.32 Å². The van der Waals surface area contributed by atoms with E-state index in [1.54, 1.807) is 17.7 Å². The van der Waals surface area contributed by atoms with Crippen LogP contribution in [0.15, 0.2) is 53.1 Å². The lowest BCUT2D eigenvalue weighted by Crippen LogP contribution is -2.27. The number of benzene rings is 1. The van der Waals surface area contributed by atoms with Gasteiger partial charge in [0.1, 0.15) is 11.4 Å². The highest BCUT2D eigenvalue weighted by atomic mass is 32.2. The summed E-state index contributed by atoms with van der Waals surface area (Å²) in [5.74, 6) is 0.398. The van der Waals surface area contributed by atoms with E-state index in [9.17, 15) is 4.79 Å². The molecular weight excluding hydrogens is 314 g/mol. The molecule has 2 aromatic heterocycles. The van der Waals surface area contributed by atoms with Crippen molar-refractivity contribution in [1.29, 1.82) is 0 Å². The first-order valence-corrected chi connectivity index (χ1v) is 8.81. The zero-order chi connectivity index (χ0) is 15.2. The van der Waals surface area contributed by atoms with Crippen LogP contribution >= 0.6 is 23.1 Å². The van der Waals surface area contributed by atoms with Crippen LogP contribution < -0.4 is 5.32 Å². The van der Waals surface area contributed by atoms with E-state index in [4.69, 9.17) is 0 Å². The minimum absolute atomic E-state index is 0.0317. The second-order valence-corrected chi connectivity index (χ2v) is 6.66. The zero-order valence-corrected chi connectivity index (χ0v) is 13.5. The Labute approximate surface area is 137 Å². The summed E-state index contributed by atoms with van der Waals surface area (Å²) in [6.45, 7) is 0.671. The molecule has 1 N–H and O–H groups in total. The minimum Gasteiger partial charge on any atom is -0.355 e. The highest BCUT2D eigenvalue weighted by Gasteiger charge is 2.07. The quantitative estimate of drug-likeness (QED) is 0.557. The Hall–Kier alpha value is -1.92. The molecule has 0 bridgehead atoms. The van der Waals surface area contributed by atoms with Gasteiger partial charge in [-0.1, -0.05) is 36.0 Å². The molecular formula is C16H15N3OS2. The van der Waals surface area contributed by atoms with Gasteiger partial charge in [0.15, 0.2) is 0 Å². The summed E-state index contributed by atoms with van der Waals surface area (Å²) >= 11 is 3.16. The molecule has 1 aromatic carbocycles. The standard InChI is InChI=1S/C16H15N3OS2/c20-15(17-8-7-12-4-3-9-21-12)10-22-16-13-5-1-2-6-14(13)18-11-19-16/h1-6,9,11H,7-8,10H2,(H,17,20). The average Bonchev–Trinajstić information content (AvgIpc) is 3.06. The molecule has 3 rings (SSSR count). The van der Waals surface area contributed by atoms with E-state index in [0.717, 1.165) is 22.3 Å². The number of aromatic nitrogens is 2. The summed E-state index contributed by atoms with van der Waals surface area (Å²) in [6, 6.07) is 11.9. The van der Waals surface area contributed by atoms with Crippen LogP contribution in [0.2, 0.25) is 0 Å². The van der Waals surface area contributed by atoms with Crippen molar-refractivity contribution in [2.24, 2.45) is 0 Å². The van der Waals surface area contributed by atoms with Gasteiger partial charge in [-0.25, -0.2) is 9.97 Å². The SMILES string of the molecule is O=C(CSc1ncnc2ccccc12)NCCc1cccs1. The molecule has 3 aromatic rings. The molecule has 2 heterocycles. The molecule has 112 valence electrons. The first-order chi connectivity index (χ1) is 10.8. The number of hydrogen-bond acceptors (Lipinski definition) is 5. The maximum absolute atomic E-state index is 11.9. The summed E-state index contributed by atoms with van der Waals surface area (Å²) in [6.07, 6.45) is 2.42. The predicted octanol–water partition coefficient (Wildman–Crippen LogP) is 3.14. The van der Waals surface area contributed by atoms with Gasteiger partial charge in [0.25, 0.3) is 0 Å². The van der Waals surface area contributed by atoms with E-state index in [-0.39, 0.29) is 5.91 Å². The lowest BCUT2D eigenvalue weighted by Gasteiger charge is -2.05. The third-order valence-corrected chi connectivity index (χ3v) is 5.06. The van der Waals surface area contributed by atoms with Crippen molar-refractivity contribution < 1.29 is 4.79 Å². The fourth-order valence-electron chi connectivity index (χ4n) is 2.06. The van der Waals surface area contributed by atoms with Gasteiger partial charge in [0.05, 0.1) is 11.3 Å².